The molecular weight excluding hydrogens is 673 g/mol. The molecular formula is C38H37Cl2N7O3. The van der Waals surface area contributed by atoms with E-state index >= 15 is 0 Å². The second-order valence-corrected chi connectivity index (χ2v) is 13.4. The number of hydrogen-bond donors (Lipinski definition) is 4. The molecule has 2 amide bonds. The molecule has 2 atom stereocenters. The maximum absolute atomic E-state index is 11.5. The lowest BCUT2D eigenvalue weighted by Crippen LogP contribution is -2.35. The lowest BCUT2D eigenvalue weighted by atomic mass is 9.99. The summed E-state index contributed by atoms with van der Waals surface area (Å²) in [6.45, 7) is 2.66. The fourth-order valence-corrected chi connectivity index (χ4v) is 7.21. The number of carbonyl (C=O) groups is 2. The van der Waals surface area contributed by atoms with Gasteiger partial charge in [-0.2, -0.15) is 0 Å². The Morgan fingerprint density at radius 3 is 2.26 bits per heavy atom. The number of nitrogens with one attached hydrogen (secondary N) is 4. The van der Waals surface area contributed by atoms with Crippen LogP contribution in [0.4, 0.5) is 0 Å². The highest BCUT2D eigenvalue weighted by molar-refractivity contribution is 6.39. The number of amides is 2. The summed E-state index contributed by atoms with van der Waals surface area (Å²) in [7, 11) is 1.60. The molecule has 12 heteroatoms. The van der Waals surface area contributed by atoms with Gasteiger partial charge >= 0.3 is 0 Å². The summed E-state index contributed by atoms with van der Waals surface area (Å²) in [5.74, 6) is 0.724. The van der Waals surface area contributed by atoms with Crippen LogP contribution in [0.1, 0.15) is 36.8 Å². The van der Waals surface area contributed by atoms with Gasteiger partial charge < -0.3 is 26.0 Å². The van der Waals surface area contributed by atoms with Gasteiger partial charge in [0.25, 0.3) is 0 Å². The average molecular weight is 711 g/mol. The molecule has 7 rings (SSSR count). The minimum atomic E-state index is 0.0993. The summed E-state index contributed by atoms with van der Waals surface area (Å²) in [5, 5.41) is 14.7. The first kappa shape index (κ1) is 33.9. The largest absolute Gasteiger partial charge is 0.481 e. The van der Waals surface area contributed by atoms with Crippen LogP contribution in [0.25, 0.3) is 44.5 Å². The number of hydrogen-bond acceptors (Lipinski definition) is 8. The van der Waals surface area contributed by atoms with Gasteiger partial charge in [0.2, 0.25) is 17.7 Å². The van der Waals surface area contributed by atoms with Crippen molar-refractivity contribution >= 4 is 45.9 Å². The number of nitrogens with zero attached hydrogens (tertiary/aromatic N) is 3. The number of fused-ring (bicyclic) bond motifs is 1. The maximum Gasteiger partial charge on any atom is 0.220 e. The molecule has 2 saturated heterocycles. The van der Waals surface area contributed by atoms with Gasteiger partial charge in [-0.1, -0.05) is 59.6 Å². The summed E-state index contributed by atoms with van der Waals surface area (Å²) in [6, 6.07) is 20.1. The third-order valence-corrected chi connectivity index (χ3v) is 9.99. The third kappa shape index (κ3) is 7.44. The first-order valence-corrected chi connectivity index (χ1v) is 17.5. The highest BCUT2D eigenvalue weighted by Crippen LogP contribution is 2.42. The van der Waals surface area contributed by atoms with Crippen molar-refractivity contribution in [2.24, 2.45) is 0 Å². The molecule has 0 spiro atoms. The third-order valence-electron chi connectivity index (χ3n) is 9.20. The van der Waals surface area contributed by atoms with Gasteiger partial charge in [-0.25, -0.2) is 4.98 Å². The molecule has 2 fully saturated rings. The Hall–Kier alpha value is -4.61. The molecule has 5 heterocycles. The van der Waals surface area contributed by atoms with Crippen molar-refractivity contribution in [3.63, 3.8) is 0 Å². The zero-order valence-corrected chi connectivity index (χ0v) is 29.1. The van der Waals surface area contributed by atoms with E-state index in [4.69, 9.17) is 37.9 Å². The van der Waals surface area contributed by atoms with E-state index in [1.807, 2.05) is 42.5 Å². The van der Waals surface area contributed by atoms with Crippen LogP contribution in [0.15, 0.2) is 73.1 Å². The van der Waals surface area contributed by atoms with Crippen LogP contribution in [0.5, 0.6) is 5.88 Å². The van der Waals surface area contributed by atoms with E-state index in [1.54, 1.807) is 19.5 Å². The minimum absolute atomic E-state index is 0.0993. The lowest BCUT2D eigenvalue weighted by Gasteiger charge is -2.15. The van der Waals surface area contributed by atoms with Gasteiger partial charge in [0.15, 0.2) is 0 Å². The van der Waals surface area contributed by atoms with Crippen molar-refractivity contribution in [3.8, 4) is 39.5 Å². The van der Waals surface area contributed by atoms with Crippen LogP contribution in [-0.2, 0) is 22.7 Å². The van der Waals surface area contributed by atoms with Crippen LogP contribution in [0.2, 0.25) is 10.0 Å². The van der Waals surface area contributed by atoms with E-state index in [0.717, 1.165) is 63.7 Å². The molecule has 0 unspecified atom stereocenters. The van der Waals surface area contributed by atoms with Crippen molar-refractivity contribution < 1.29 is 14.3 Å². The van der Waals surface area contributed by atoms with Gasteiger partial charge in [0, 0.05) is 96.7 Å². The van der Waals surface area contributed by atoms with E-state index in [0.29, 0.717) is 59.8 Å². The van der Waals surface area contributed by atoms with Crippen molar-refractivity contribution in [3.05, 3.63) is 94.2 Å². The fraction of sp³-hybridized carbons (Fsp3) is 0.289. The second kappa shape index (κ2) is 15.1. The smallest absolute Gasteiger partial charge is 0.220 e. The molecule has 2 aliphatic rings. The number of ether oxygens (including phenoxy) is 1. The summed E-state index contributed by atoms with van der Waals surface area (Å²) in [4.78, 5) is 37.1. The average Bonchev–Trinajstić information content (AvgIpc) is 3.75. The Kier molecular flexibility index (Phi) is 10.2. The monoisotopic (exact) mass is 709 g/mol. The molecule has 4 N–H and O–H groups in total. The lowest BCUT2D eigenvalue weighted by molar-refractivity contribution is -0.120. The molecule has 2 aromatic carbocycles. The molecule has 50 heavy (non-hydrogen) atoms. The van der Waals surface area contributed by atoms with Gasteiger partial charge in [0.05, 0.1) is 34.1 Å². The molecule has 0 bridgehead atoms. The predicted molar refractivity (Wildman–Crippen MR) is 196 cm³/mol. The van der Waals surface area contributed by atoms with Crippen LogP contribution in [-0.4, -0.2) is 59.0 Å². The molecule has 0 aliphatic carbocycles. The zero-order valence-electron chi connectivity index (χ0n) is 27.6. The first-order chi connectivity index (χ1) is 24.4. The number of benzene rings is 2. The van der Waals surface area contributed by atoms with E-state index in [1.165, 1.54) is 0 Å². The van der Waals surface area contributed by atoms with Crippen molar-refractivity contribution in [1.29, 1.82) is 0 Å². The van der Waals surface area contributed by atoms with Crippen LogP contribution in [0, 0.1) is 0 Å². The van der Waals surface area contributed by atoms with Gasteiger partial charge in [-0.15, -0.1) is 0 Å². The fourth-order valence-electron chi connectivity index (χ4n) is 6.56. The summed E-state index contributed by atoms with van der Waals surface area (Å²) < 4.78 is 5.65. The highest BCUT2D eigenvalue weighted by atomic mass is 35.5. The molecule has 2 aliphatic heterocycles. The van der Waals surface area contributed by atoms with Crippen molar-refractivity contribution in [1.82, 2.24) is 36.2 Å². The number of carbonyl (C=O) groups excluding carboxylic acids is 2. The summed E-state index contributed by atoms with van der Waals surface area (Å²) >= 11 is 14.1. The molecule has 5 aromatic rings. The van der Waals surface area contributed by atoms with Crippen LogP contribution < -0.4 is 26.0 Å². The van der Waals surface area contributed by atoms with Crippen LogP contribution >= 0.6 is 23.2 Å². The zero-order chi connectivity index (χ0) is 34.6. The molecule has 10 nitrogen and oxygen atoms in total. The van der Waals surface area contributed by atoms with Gasteiger partial charge in [-0.05, 0) is 42.7 Å². The molecule has 0 radical (unpaired) electrons. The van der Waals surface area contributed by atoms with Crippen molar-refractivity contribution in [2.75, 3.05) is 20.2 Å². The highest BCUT2D eigenvalue weighted by Gasteiger charge is 2.22. The molecule has 256 valence electrons. The minimum Gasteiger partial charge on any atom is -0.481 e. The van der Waals surface area contributed by atoms with E-state index in [-0.39, 0.29) is 23.9 Å². The Bertz CT molecular complexity index is 2070. The Balaban J connectivity index is 1.08. The summed E-state index contributed by atoms with van der Waals surface area (Å²) in [6.07, 6.45) is 6.39. The quantitative estimate of drug-likeness (QED) is 0.123. The SMILES string of the molecule is COc1nc(-c2cccc(-c3ccnc(-c4cnc5cc(CNC[C@@H]6CCC(=O)N6)ccc5c4)c3Cl)c2Cl)ccc1CNC[C@@H]1CCC(=O)N1. The number of pyridine rings is 3. The number of halogens is 2. The Labute approximate surface area is 300 Å². The predicted octanol–water partition coefficient (Wildman–Crippen LogP) is 6.08. The Morgan fingerprint density at radius 2 is 1.54 bits per heavy atom. The topological polar surface area (TPSA) is 130 Å². The van der Waals surface area contributed by atoms with Gasteiger partial charge in [-0.3, -0.25) is 19.6 Å². The number of rotatable bonds is 12. The second-order valence-electron chi connectivity index (χ2n) is 12.7. The van der Waals surface area contributed by atoms with Crippen LogP contribution in [0.3, 0.4) is 0 Å². The van der Waals surface area contributed by atoms with E-state index in [2.05, 4.69) is 44.5 Å². The first-order valence-electron chi connectivity index (χ1n) is 16.7. The molecule has 0 saturated carbocycles. The standard InChI is InChI=1S/C38H37Cl2N7O3/c1-50-38-24(18-42-21-27-9-12-34(49)46-27)7-10-31(47-38)30-4-2-3-28(35(30)39)29-13-14-43-37(36(29)40)25-16-23-6-5-22(15-32(23)44-19-25)17-41-20-26-8-11-33(48)45-26/h2-7,10,13-16,19,26-27,41-42H,8-9,11-12,17-18,20-21H2,1H3,(H,45,48)(H,46,49)/t26-,27-/m0/s1. The normalized spacial score (nSPS) is 17.3. The molecule has 3 aromatic heterocycles. The maximum atomic E-state index is 11.5. The number of aromatic nitrogens is 3. The van der Waals surface area contributed by atoms with Gasteiger partial charge in [0.1, 0.15) is 0 Å². The number of methoxy groups -OCH3 is 1. The summed E-state index contributed by atoms with van der Waals surface area (Å²) in [5.41, 5.74) is 7.22. The Morgan fingerprint density at radius 1 is 0.820 bits per heavy atom. The van der Waals surface area contributed by atoms with E-state index < -0.39 is 0 Å². The van der Waals surface area contributed by atoms with E-state index in [9.17, 15) is 9.59 Å². The van der Waals surface area contributed by atoms with Crippen molar-refractivity contribution in [2.45, 2.75) is 50.9 Å².